The summed E-state index contributed by atoms with van der Waals surface area (Å²) in [5.74, 6) is 1.02. The maximum absolute atomic E-state index is 4.27. The van der Waals surface area contributed by atoms with Crippen molar-refractivity contribution in [1.29, 1.82) is 0 Å². The van der Waals surface area contributed by atoms with Gasteiger partial charge in [-0.15, -0.1) is 0 Å². The van der Waals surface area contributed by atoms with Crippen LogP contribution in [0, 0.1) is 6.92 Å². The number of aromatic amines is 1. The molecule has 0 aromatic carbocycles. The molecule has 0 amide bonds. The number of aromatic nitrogens is 2. The molecule has 2 N–H and O–H groups in total. The molecule has 0 aliphatic carbocycles. The van der Waals surface area contributed by atoms with Crippen LogP contribution in [0.1, 0.15) is 44.9 Å². The van der Waals surface area contributed by atoms with Crippen molar-refractivity contribution in [2.45, 2.75) is 53.0 Å². The highest BCUT2D eigenvalue weighted by molar-refractivity contribution is 5.46. The lowest BCUT2D eigenvalue weighted by Crippen LogP contribution is -2.15. The van der Waals surface area contributed by atoms with E-state index in [2.05, 4.69) is 43.2 Å². The van der Waals surface area contributed by atoms with Gasteiger partial charge in [0.25, 0.3) is 0 Å². The van der Waals surface area contributed by atoms with Crippen LogP contribution in [0.15, 0.2) is 0 Å². The molecule has 0 fully saturated rings. The molecule has 1 rings (SSSR count). The summed E-state index contributed by atoms with van der Waals surface area (Å²) >= 11 is 0. The van der Waals surface area contributed by atoms with Crippen molar-refractivity contribution < 1.29 is 0 Å². The zero-order valence-corrected chi connectivity index (χ0v) is 9.65. The van der Waals surface area contributed by atoms with Crippen molar-refractivity contribution in [3.05, 3.63) is 11.3 Å². The molecule has 0 radical (unpaired) electrons. The second-order valence-electron chi connectivity index (χ2n) is 3.86. The third-order valence-corrected chi connectivity index (χ3v) is 2.57. The summed E-state index contributed by atoms with van der Waals surface area (Å²) in [5.41, 5.74) is 2.49. The zero-order chi connectivity index (χ0) is 10.6. The molecule has 0 saturated heterocycles. The van der Waals surface area contributed by atoms with Crippen LogP contribution in [0.5, 0.6) is 0 Å². The highest BCUT2D eigenvalue weighted by Gasteiger charge is 2.09. The third-order valence-electron chi connectivity index (χ3n) is 2.57. The van der Waals surface area contributed by atoms with E-state index in [9.17, 15) is 0 Å². The first-order valence-electron chi connectivity index (χ1n) is 5.49. The molecule has 0 saturated carbocycles. The van der Waals surface area contributed by atoms with Crippen molar-refractivity contribution in [3.63, 3.8) is 0 Å². The Labute approximate surface area is 86.3 Å². The lowest BCUT2D eigenvalue weighted by atomic mass is 10.1. The Morgan fingerprint density at radius 3 is 2.64 bits per heavy atom. The summed E-state index contributed by atoms with van der Waals surface area (Å²) in [6, 6.07) is 0.506. The fraction of sp³-hybridized carbons (Fsp3) is 0.727. The van der Waals surface area contributed by atoms with Gasteiger partial charge in [0.2, 0.25) is 0 Å². The normalized spacial score (nSPS) is 12.9. The molecule has 1 unspecified atom stereocenters. The fourth-order valence-corrected chi connectivity index (χ4v) is 1.66. The lowest BCUT2D eigenvalue weighted by Gasteiger charge is -2.12. The predicted molar refractivity (Wildman–Crippen MR) is 60.7 cm³/mol. The molecule has 1 aromatic heterocycles. The van der Waals surface area contributed by atoms with Gasteiger partial charge in [-0.2, -0.15) is 5.10 Å². The Morgan fingerprint density at radius 1 is 1.43 bits per heavy atom. The summed E-state index contributed by atoms with van der Waals surface area (Å²) < 4.78 is 0. The van der Waals surface area contributed by atoms with E-state index < -0.39 is 0 Å². The molecule has 0 aliphatic rings. The number of anilines is 1. The van der Waals surface area contributed by atoms with Crippen molar-refractivity contribution in [2.24, 2.45) is 0 Å². The van der Waals surface area contributed by atoms with E-state index in [1.54, 1.807) is 0 Å². The fourth-order valence-electron chi connectivity index (χ4n) is 1.66. The highest BCUT2D eigenvalue weighted by Crippen LogP contribution is 2.17. The van der Waals surface area contributed by atoms with E-state index in [0.29, 0.717) is 6.04 Å². The molecule has 3 nitrogen and oxygen atoms in total. The molecule has 14 heavy (non-hydrogen) atoms. The van der Waals surface area contributed by atoms with Crippen molar-refractivity contribution >= 4 is 5.82 Å². The number of nitrogens with zero attached hydrogens (tertiary/aromatic N) is 1. The molecule has 0 spiro atoms. The van der Waals surface area contributed by atoms with Crippen LogP contribution in [-0.4, -0.2) is 16.2 Å². The first-order valence-corrected chi connectivity index (χ1v) is 5.49. The second kappa shape index (κ2) is 5.03. The number of rotatable bonds is 5. The van der Waals surface area contributed by atoms with E-state index in [4.69, 9.17) is 0 Å². The van der Waals surface area contributed by atoms with E-state index in [0.717, 1.165) is 12.2 Å². The SMILES string of the molecule is CCCC(C)Nc1n[nH]c(CC)c1C. The van der Waals surface area contributed by atoms with Gasteiger partial charge >= 0.3 is 0 Å². The molecule has 80 valence electrons. The van der Waals surface area contributed by atoms with Gasteiger partial charge in [0, 0.05) is 17.3 Å². The number of hydrogen-bond acceptors (Lipinski definition) is 2. The van der Waals surface area contributed by atoms with Gasteiger partial charge in [0.1, 0.15) is 0 Å². The summed E-state index contributed by atoms with van der Waals surface area (Å²) in [5, 5.41) is 10.8. The molecule has 1 atom stereocenters. The Bertz CT molecular complexity index is 278. The smallest absolute Gasteiger partial charge is 0.151 e. The topological polar surface area (TPSA) is 40.7 Å². The van der Waals surface area contributed by atoms with Crippen molar-refractivity contribution in [1.82, 2.24) is 10.2 Å². The molecule has 1 aromatic rings. The first-order chi connectivity index (χ1) is 6.69. The van der Waals surface area contributed by atoms with Crippen LogP contribution in [0.2, 0.25) is 0 Å². The van der Waals surface area contributed by atoms with E-state index >= 15 is 0 Å². The van der Waals surface area contributed by atoms with Gasteiger partial charge in [0.15, 0.2) is 5.82 Å². The van der Waals surface area contributed by atoms with Crippen LogP contribution in [-0.2, 0) is 6.42 Å². The van der Waals surface area contributed by atoms with E-state index in [1.165, 1.54) is 24.1 Å². The maximum Gasteiger partial charge on any atom is 0.151 e. The minimum absolute atomic E-state index is 0.506. The molecule has 0 bridgehead atoms. The maximum atomic E-state index is 4.27. The zero-order valence-electron chi connectivity index (χ0n) is 9.65. The summed E-state index contributed by atoms with van der Waals surface area (Å²) in [7, 11) is 0. The Morgan fingerprint density at radius 2 is 2.14 bits per heavy atom. The molecule has 3 heteroatoms. The third kappa shape index (κ3) is 2.50. The summed E-state index contributed by atoms with van der Waals surface area (Å²) in [6.07, 6.45) is 3.41. The Balaban J connectivity index is 2.62. The Kier molecular flexibility index (Phi) is 3.98. The highest BCUT2D eigenvalue weighted by atomic mass is 15.2. The van der Waals surface area contributed by atoms with Gasteiger partial charge in [-0.3, -0.25) is 5.10 Å². The van der Waals surface area contributed by atoms with Gasteiger partial charge in [0.05, 0.1) is 0 Å². The summed E-state index contributed by atoms with van der Waals surface area (Å²) in [6.45, 7) is 8.65. The van der Waals surface area contributed by atoms with E-state index in [-0.39, 0.29) is 0 Å². The van der Waals surface area contributed by atoms with Crippen molar-refractivity contribution in [3.8, 4) is 0 Å². The van der Waals surface area contributed by atoms with Crippen molar-refractivity contribution in [2.75, 3.05) is 5.32 Å². The molecular weight excluding hydrogens is 174 g/mol. The van der Waals surface area contributed by atoms with Crippen LogP contribution in [0.3, 0.4) is 0 Å². The van der Waals surface area contributed by atoms with Gasteiger partial charge in [-0.05, 0) is 26.7 Å². The minimum atomic E-state index is 0.506. The molecule has 1 heterocycles. The number of nitrogens with one attached hydrogen (secondary N) is 2. The molecule has 0 aliphatic heterocycles. The Hall–Kier alpha value is -0.990. The monoisotopic (exact) mass is 195 g/mol. The van der Waals surface area contributed by atoms with E-state index in [1.807, 2.05) is 0 Å². The average Bonchev–Trinajstić information content (AvgIpc) is 2.48. The van der Waals surface area contributed by atoms with Gasteiger partial charge < -0.3 is 5.32 Å². The minimum Gasteiger partial charge on any atom is -0.366 e. The standard InChI is InChI=1S/C11H21N3/c1-5-7-8(3)12-11-9(4)10(6-2)13-14-11/h8H,5-7H2,1-4H3,(H2,12,13,14). The number of hydrogen-bond donors (Lipinski definition) is 2. The number of H-pyrrole nitrogens is 1. The molecular formula is C11H21N3. The lowest BCUT2D eigenvalue weighted by molar-refractivity contribution is 0.686. The van der Waals surface area contributed by atoms with Crippen LogP contribution >= 0.6 is 0 Å². The number of aryl methyl sites for hydroxylation is 1. The summed E-state index contributed by atoms with van der Waals surface area (Å²) in [4.78, 5) is 0. The van der Waals surface area contributed by atoms with Crippen LogP contribution in [0.4, 0.5) is 5.82 Å². The van der Waals surface area contributed by atoms with Crippen LogP contribution < -0.4 is 5.32 Å². The second-order valence-corrected chi connectivity index (χ2v) is 3.86. The predicted octanol–water partition coefficient (Wildman–Crippen LogP) is 2.88. The first kappa shape index (κ1) is 11.1. The van der Waals surface area contributed by atoms with Gasteiger partial charge in [-0.25, -0.2) is 0 Å². The quantitative estimate of drug-likeness (QED) is 0.758. The average molecular weight is 195 g/mol. The largest absolute Gasteiger partial charge is 0.366 e. The van der Waals surface area contributed by atoms with Crippen LogP contribution in [0.25, 0.3) is 0 Å². The van der Waals surface area contributed by atoms with Gasteiger partial charge in [-0.1, -0.05) is 20.3 Å².